The summed E-state index contributed by atoms with van der Waals surface area (Å²) in [6, 6.07) is -0.240. The van der Waals surface area contributed by atoms with E-state index in [4.69, 9.17) is 9.47 Å². The molecule has 4 aliphatic carbocycles. The highest BCUT2D eigenvalue weighted by atomic mass is 16.6. The lowest BCUT2D eigenvalue weighted by molar-refractivity contribution is -0.194. The fourth-order valence-corrected chi connectivity index (χ4v) is 9.41. The molecule has 1 heterocycles. The fraction of sp³-hybridized carbons (Fsp3) is 0.929. The molecule has 5 aliphatic rings. The largest absolute Gasteiger partial charge is 0.461 e. The Hall–Kier alpha value is -0.940. The van der Waals surface area contributed by atoms with Crippen LogP contribution in [-0.2, 0) is 19.1 Å². The van der Waals surface area contributed by atoms with Crippen LogP contribution < -0.4 is 5.32 Å². The van der Waals surface area contributed by atoms with E-state index in [1.165, 1.54) is 19.3 Å². The van der Waals surface area contributed by atoms with Gasteiger partial charge >= 0.3 is 5.97 Å². The molecular formula is C28H45NO4. The molecule has 0 amide bonds. The van der Waals surface area contributed by atoms with Crippen molar-refractivity contribution in [3.63, 3.8) is 0 Å². The number of carbonyl (C=O) groups is 2. The highest BCUT2D eigenvalue weighted by Gasteiger charge is 2.67. The third-order valence-corrected chi connectivity index (χ3v) is 11.1. The first kappa shape index (κ1) is 23.8. The van der Waals surface area contributed by atoms with Gasteiger partial charge in [0.2, 0.25) is 0 Å². The Morgan fingerprint density at radius 2 is 1.88 bits per heavy atom. The standard InChI is InChI=1S/C28H45NO4/c1-6-7-8-21(29-5)26(31)33-24-15-28(4)19(16(2)30)11-12-20(28)18-10-9-17-13-22-23(32-22)14-27(17,3)25(18)24/h17-25,29H,6-15H2,1-5H3/t17-,18-,19+,20-,21?,22-,23+,24-,25+,27-,28+/m0/s1. The molecular weight excluding hydrogens is 414 g/mol. The number of esters is 1. The molecule has 0 radical (unpaired) electrons. The van der Waals surface area contributed by atoms with Gasteiger partial charge in [-0.15, -0.1) is 0 Å². The van der Waals surface area contributed by atoms with E-state index >= 15 is 0 Å². The van der Waals surface area contributed by atoms with E-state index in [1.807, 2.05) is 7.05 Å². The first-order valence-electron chi connectivity index (χ1n) is 13.8. The van der Waals surface area contributed by atoms with E-state index < -0.39 is 0 Å². The van der Waals surface area contributed by atoms with Gasteiger partial charge in [-0.05, 0) is 93.9 Å². The van der Waals surface area contributed by atoms with Crippen molar-refractivity contribution >= 4 is 11.8 Å². The lowest BCUT2D eigenvalue weighted by atomic mass is 9.44. The lowest BCUT2D eigenvalue weighted by Crippen LogP contribution is -2.60. The van der Waals surface area contributed by atoms with Crippen molar-refractivity contribution in [2.75, 3.05) is 7.05 Å². The maximum absolute atomic E-state index is 13.4. The van der Waals surface area contributed by atoms with Gasteiger partial charge in [0.1, 0.15) is 17.9 Å². The summed E-state index contributed by atoms with van der Waals surface area (Å²) in [4.78, 5) is 26.1. The number of carbonyl (C=O) groups excluding carboxylic acids is 2. The summed E-state index contributed by atoms with van der Waals surface area (Å²) in [5, 5.41) is 3.21. The molecule has 5 fully saturated rings. The molecule has 11 atom stereocenters. The number of likely N-dealkylation sites (N-methyl/N-ethyl adjacent to an activating group) is 1. The summed E-state index contributed by atoms with van der Waals surface area (Å²) in [6.07, 6.45) is 11.5. The minimum atomic E-state index is -0.240. The van der Waals surface area contributed by atoms with Crippen molar-refractivity contribution in [1.82, 2.24) is 5.32 Å². The summed E-state index contributed by atoms with van der Waals surface area (Å²) < 4.78 is 12.5. The monoisotopic (exact) mass is 459 g/mol. The number of hydrogen-bond acceptors (Lipinski definition) is 5. The van der Waals surface area contributed by atoms with Gasteiger partial charge in [0, 0.05) is 11.8 Å². The van der Waals surface area contributed by atoms with Gasteiger partial charge in [-0.1, -0.05) is 33.6 Å². The van der Waals surface area contributed by atoms with Crippen LogP contribution in [0.1, 0.15) is 91.9 Å². The average Bonchev–Trinajstić information content (AvgIpc) is 3.40. The number of ether oxygens (including phenoxy) is 2. The molecule has 1 saturated heterocycles. The van der Waals surface area contributed by atoms with Crippen LogP contribution in [-0.4, -0.2) is 43.2 Å². The van der Waals surface area contributed by atoms with Crippen LogP contribution >= 0.6 is 0 Å². The Labute approximate surface area is 200 Å². The van der Waals surface area contributed by atoms with Crippen molar-refractivity contribution in [2.45, 2.75) is 116 Å². The Balaban J connectivity index is 1.47. The molecule has 4 saturated carbocycles. The van der Waals surface area contributed by atoms with Crippen LogP contribution in [0.4, 0.5) is 0 Å². The van der Waals surface area contributed by atoms with E-state index in [0.29, 0.717) is 41.7 Å². The third kappa shape index (κ3) is 3.80. The van der Waals surface area contributed by atoms with Crippen LogP contribution in [0.15, 0.2) is 0 Å². The molecule has 5 nitrogen and oxygen atoms in total. The van der Waals surface area contributed by atoms with E-state index in [-0.39, 0.29) is 34.9 Å². The minimum Gasteiger partial charge on any atom is -0.461 e. The summed E-state index contributed by atoms with van der Waals surface area (Å²) in [6.45, 7) is 8.76. The summed E-state index contributed by atoms with van der Waals surface area (Å²) >= 11 is 0. The van der Waals surface area contributed by atoms with Crippen LogP contribution in [0.2, 0.25) is 0 Å². The normalized spacial score (nSPS) is 48.6. The molecule has 0 bridgehead atoms. The zero-order valence-corrected chi connectivity index (χ0v) is 21.4. The van der Waals surface area contributed by atoms with Crippen LogP contribution in [0.3, 0.4) is 0 Å². The van der Waals surface area contributed by atoms with Gasteiger partial charge in [0.05, 0.1) is 12.2 Å². The van der Waals surface area contributed by atoms with E-state index in [0.717, 1.165) is 44.9 Å². The van der Waals surface area contributed by atoms with Crippen LogP contribution in [0.5, 0.6) is 0 Å². The SMILES string of the molecule is CCCCC(NC)C(=O)O[C@H]1C[C@]2(C)[C@@H](C(C)=O)CC[C@H]2[C@@H]2CC[C@H]3C[C@@H]4O[C@@H]4C[C@]3(C)[C@H]21. The molecule has 33 heavy (non-hydrogen) atoms. The van der Waals surface area contributed by atoms with Crippen molar-refractivity contribution in [1.29, 1.82) is 0 Å². The molecule has 186 valence electrons. The summed E-state index contributed by atoms with van der Waals surface area (Å²) in [5.41, 5.74) is 0.118. The van der Waals surface area contributed by atoms with Crippen molar-refractivity contribution in [3.05, 3.63) is 0 Å². The number of epoxide rings is 1. The molecule has 1 unspecified atom stereocenters. The van der Waals surface area contributed by atoms with Crippen LogP contribution in [0, 0.1) is 40.4 Å². The molecule has 0 aromatic heterocycles. The van der Waals surface area contributed by atoms with Gasteiger partial charge in [0.15, 0.2) is 0 Å². The van der Waals surface area contributed by atoms with Crippen molar-refractivity contribution < 1.29 is 19.1 Å². The number of Topliss-reactive ketones (excluding diaryl/α,β-unsaturated/α-hetero) is 1. The molecule has 0 spiro atoms. The molecule has 0 aromatic rings. The Bertz CT molecular complexity index is 784. The predicted molar refractivity (Wildman–Crippen MR) is 128 cm³/mol. The van der Waals surface area contributed by atoms with E-state index in [1.54, 1.807) is 6.92 Å². The zero-order valence-electron chi connectivity index (χ0n) is 21.4. The number of rotatable bonds is 7. The topological polar surface area (TPSA) is 67.9 Å². The fourth-order valence-electron chi connectivity index (χ4n) is 9.41. The Kier molecular flexibility index (Phi) is 6.21. The smallest absolute Gasteiger partial charge is 0.323 e. The highest BCUT2D eigenvalue weighted by molar-refractivity contribution is 5.79. The third-order valence-electron chi connectivity index (χ3n) is 11.1. The molecule has 1 N–H and O–H groups in total. The van der Waals surface area contributed by atoms with E-state index in [2.05, 4.69) is 26.1 Å². The lowest BCUT2D eigenvalue weighted by Gasteiger charge is -2.61. The first-order chi connectivity index (χ1) is 15.7. The van der Waals surface area contributed by atoms with Gasteiger partial charge in [-0.2, -0.15) is 0 Å². The molecule has 0 aromatic carbocycles. The average molecular weight is 460 g/mol. The molecule has 1 aliphatic heterocycles. The number of hydrogen-bond donors (Lipinski definition) is 1. The number of unbranched alkanes of at least 4 members (excludes halogenated alkanes) is 1. The minimum absolute atomic E-state index is 0.0486. The zero-order chi connectivity index (χ0) is 23.5. The van der Waals surface area contributed by atoms with Crippen molar-refractivity contribution in [3.8, 4) is 0 Å². The maximum atomic E-state index is 13.4. The van der Waals surface area contributed by atoms with E-state index in [9.17, 15) is 9.59 Å². The quantitative estimate of drug-likeness (QED) is 0.433. The predicted octanol–water partition coefficient (Wildman–Crippen LogP) is 4.91. The van der Waals surface area contributed by atoms with Gasteiger partial charge in [0.25, 0.3) is 0 Å². The number of ketones is 1. The Morgan fingerprint density at radius 3 is 2.58 bits per heavy atom. The molecule has 5 rings (SSSR count). The van der Waals surface area contributed by atoms with Crippen LogP contribution in [0.25, 0.3) is 0 Å². The highest BCUT2D eigenvalue weighted by Crippen LogP contribution is 2.69. The second kappa shape index (κ2) is 8.62. The Morgan fingerprint density at radius 1 is 1.09 bits per heavy atom. The second-order valence-corrected chi connectivity index (χ2v) is 12.6. The number of nitrogens with one attached hydrogen (secondary N) is 1. The molecule has 5 heteroatoms. The first-order valence-corrected chi connectivity index (χ1v) is 13.8. The second-order valence-electron chi connectivity index (χ2n) is 12.6. The maximum Gasteiger partial charge on any atom is 0.323 e. The number of fused-ring (bicyclic) bond motifs is 6. The summed E-state index contributed by atoms with van der Waals surface area (Å²) in [7, 11) is 1.87. The van der Waals surface area contributed by atoms with Gasteiger partial charge < -0.3 is 14.8 Å². The van der Waals surface area contributed by atoms with Gasteiger partial charge in [-0.3, -0.25) is 9.59 Å². The van der Waals surface area contributed by atoms with Gasteiger partial charge in [-0.25, -0.2) is 0 Å². The van der Waals surface area contributed by atoms with Crippen molar-refractivity contribution in [2.24, 2.45) is 40.4 Å². The summed E-state index contributed by atoms with van der Waals surface area (Å²) in [5.74, 6) is 2.52.